The first kappa shape index (κ1) is 12.2. The molecule has 0 fully saturated rings. The fourth-order valence-corrected chi connectivity index (χ4v) is 1.67. The molecule has 5 heteroatoms. The van der Waals surface area contributed by atoms with Gasteiger partial charge in [0.15, 0.2) is 11.5 Å². The Bertz CT molecular complexity index is 356. The van der Waals surface area contributed by atoms with Gasteiger partial charge in [0.05, 0.1) is 26.4 Å². The molecule has 2 rings (SSSR count). The highest BCUT2D eigenvalue weighted by molar-refractivity contribution is 5.44. The summed E-state index contributed by atoms with van der Waals surface area (Å²) in [7, 11) is 0. The fraction of sp³-hybridized carbons (Fsp3) is 0.500. The maximum absolute atomic E-state index is 8.53. The van der Waals surface area contributed by atoms with Crippen molar-refractivity contribution >= 4 is 0 Å². The molecule has 0 saturated heterocycles. The van der Waals surface area contributed by atoms with Crippen LogP contribution in [0.5, 0.6) is 11.5 Å². The molecule has 94 valence electrons. The van der Waals surface area contributed by atoms with Gasteiger partial charge in [0.25, 0.3) is 0 Å². The molecule has 0 amide bonds. The van der Waals surface area contributed by atoms with Gasteiger partial charge >= 0.3 is 0 Å². The highest BCUT2D eigenvalue weighted by Crippen LogP contribution is 2.32. The number of benzene rings is 1. The summed E-state index contributed by atoms with van der Waals surface area (Å²) in [6.07, 6.45) is 0. The number of nitrogens with two attached hydrogens (primary N) is 1. The van der Waals surface area contributed by atoms with Gasteiger partial charge in [-0.15, -0.1) is 0 Å². The number of aliphatic hydroxyl groups is 1. The van der Waals surface area contributed by atoms with Crippen LogP contribution in [0.1, 0.15) is 5.56 Å². The van der Waals surface area contributed by atoms with Crippen LogP contribution < -0.4 is 14.8 Å². The number of rotatable bonds is 7. The fourth-order valence-electron chi connectivity index (χ4n) is 1.67. The van der Waals surface area contributed by atoms with Crippen molar-refractivity contribution in [2.24, 2.45) is 0 Å². The van der Waals surface area contributed by atoms with E-state index in [1.54, 1.807) is 0 Å². The zero-order valence-electron chi connectivity index (χ0n) is 9.72. The van der Waals surface area contributed by atoms with Crippen LogP contribution >= 0.6 is 0 Å². The molecule has 0 radical (unpaired) electrons. The summed E-state index contributed by atoms with van der Waals surface area (Å²) in [6.45, 7) is 3.25. The lowest BCUT2D eigenvalue weighted by Crippen LogP contribution is -2.83. The SMILES string of the molecule is OCCOCC[NH2+]Cc1ccc2c(c1)OCO2. The summed E-state index contributed by atoms with van der Waals surface area (Å²) in [5, 5.41) is 10.7. The lowest BCUT2D eigenvalue weighted by atomic mass is 10.2. The Morgan fingerprint density at radius 2 is 2.12 bits per heavy atom. The van der Waals surface area contributed by atoms with Crippen LogP contribution in [0, 0.1) is 0 Å². The van der Waals surface area contributed by atoms with Gasteiger partial charge in [-0.1, -0.05) is 0 Å². The number of hydrogen-bond acceptors (Lipinski definition) is 4. The normalized spacial score (nSPS) is 13.0. The number of quaternary nitrogens is 1. The average molecular weight is 240 g/mol. The van der Waals surface area contributed by atoms with Crippen molar-refractivity contribution in [3.63, 3.8) is 0 Å². The highest BCUT2D eigenvalue weighted by Gasteiger charge is 2.13. The molecule has 1 aliphatic rings. The predicted octanol–water partition coefficient (Wildman–Crippen LogP) is -0.512. The van der Waals surface area contributed by atoms with Gasteiger partial charge in [-0.05, 0) is 18.2 Å². The second-order valence-corrected chi connectivity index (χ2v) is 3.81. The molecule has 1 aliphatic heterocycles. The Balaban J connectivity index is 1.69. The van der Waals surface area contributed by atoms with Crippen LogP contribution in [-0.2, 0) is 11.3 Å². The van der Waals surface area contributed by atoms with E-state index in [1.807, 2.05) is 18.2 Å². The van der Waals surface area contributed by atoms with Gasteiger partial charge in [0.2, 0.25) is 6.79 Å². The van der Waals surface area contributed by atoms with Crippen molar-refractivity contribution in [2.75, 3.05) is 33.2 Å². The second-order valence-electron chi connectivity index (χ2n) is 3.81. The number of hydrogen-bond donors (Lipinski definition) is 2. The van der Waals surface area contributed by atoms with Crippen LogP contribution in [0.4, 0.5) is 0 Å². The molecular weight excluding hydrogens is 222 g/mol. The standard InChI is InChI=1S/C12H17NO4/c14-4-6-15-5-3-13-8-10-1-2-11-12(7-10)17-9-16-11/h1-2,7,13-14H,3-6,8-9H2/p+1. The van der Waals surface area contributed by atoms with Crippen LogP contribution in [-0.4, -0.2) is 38.3 Å². The van der Waals surface area contributed by atoms with E-state index in [9.17, 15) is 0 Å². The zero-order chi connectivity index (χ0) is 11.9. The van der Waals surface area contributed by atoms with Gasteiger partial charge < -0.3 is 24.6 Å². The van der Waals surface area contributed by atoms with Crippen molar-refractivity contribution in [3.05, 3.63) is 23.8 Å². The van der Waals surface area contributed by atoms with E-state index >= 15 is 0 Å². The van der Waals surface area contributed by atoms with E-state index in [2.05, 4.69) is 5.32 Å². The van der Waals surface area contributed by atoms with Crippen LogP contribution in [0.2, 0.25) is 0 Å². The molecule has 1 aromatic carbocycles. The predicted molar refractivity (Wildman–Crippen MR) is 61.0 cm³/mol. The van der Waals surface area contributed by atoms with E-state index < -0.39 is 0 Å². The van der Waals surface area contributed by atoms with Gasteiger partial charge in [-0.25, -0.2) is 0 Å². The zero-order valence-corrected chi connectivity index (χ0v) is 9.72. The Morgan fingerprint density at radius 3 is 3.00 bits per heavy atom. The summed E-state index contributed by atoms with van der Waals surface area (Å²) in [4.78, 5) is 0. The average Bonchev–Trinajstić information content (AvgIpc) is 2.81. The van der Waals surface area contributed by atoms with Crippen molar-refractivity contribution in [1.82, 2.24) is 0 Å². The lowest BCUT2D eigenvalue weighted by molar-refractivity contribution is -0.672. The monoisotopic (exact) mass is 240 g/mol. The number of fused-ring (bicyclic) bond motifs is 1. The molecular formula is C12H18NO4+. The van der Waals surface area contributed by atoms with Gasteiger partial charge in [-0.2, -0.15) is 0 Å². The molecule has 1 aromatic rings. The lowest BCUT2D eigenvalue weighted by Gasteiger charge is -2.03. The van der Waals surface area contributed by atoms with Crippen molar-refractivity contribution in [2.45, 2.75) is 6.54 Å². The molecule has 0 saturated carbocycles. The molecule has 0 aliphatic carbocycles. The summed E-state index contributed by atoms with van der Waals surface area (Å²) in [5.74, 6) is 1.65. The molecule has 1 heterocycles. The molecule has 5 nitrogen and oxygen atoms in total. The number of aliphatic hydroxyl groups excluding tert-OH is 1. The van der Waals surface area contributed by atoms with E-state index in [0.717, 1.165) is 24.6 Å². The third kappa shape index (κ3) is 3.59. The quantitative estimate of drug-likeness (QED) is 0.630. The first-order valence-electron chi connectivity index (χ1n) is 5.79. The Morgan fingerprint density at radius 1 is 1.24 bits per heavy atom. The summed E-state index contributed by atoms with van der Waals surface area (Å²) in [5.41, 5.74) is 1.21. The molecule has 0 aromatic heterocycles. The van der Waals surface area contributed by atoms with E-state index in [0.29, 0.717) is 20.0 Å². The topological polar surface area (TPSA) is 64.5 Å². The molecule has 0 atom stereocenters. The summed E-state index contributed by atoms with van der Waals surface area (Å²) >= 11 is 0. The minimum absolute atomic E-state index is 0.0855. The molecule has 3 N–H and O–H groups in total. The minimum Gasteiger partial charge on any atom is -0.454 e. The Kier molecular flexibility index (Phi) is 4.61. The Labute approximate surface area is 100 Å². The number of ether oxygens (including phenoxy) is 3. The van der Waals surface area contributed by atoms with Gasteiger partial charge in [0, 0.05) is 5.56 Å². The largest absolute Gasteiger partial charge is 0.454 e. The first-order chi connectivity index (χ1) is 8.40. The Hall–Kier alpha value is -1.30. The van der Waals surface area contributed by atoms with E-state index in [-0.39, 0.29) is 6.61 Å². The third-order valence-electron chi connectivity index (χ3n) is 2.52. The van der Waals surface area contributed by atoms with Crippen LogP contribution in [0.25, 0.3) is 0 Å². The van der Waals surface area contributed by atoms with Crippen molar-refractivity contribution in [3.8, 4) is 11.5 Å². The molecule has 0 spiro atoms. The molecule has 17 heavy (non-hydrogen) atoms. The van der Waals surface area contributed by atoms with Crippen molar-refractivity contribution < 1.29 is 24.6 Å². The minimum atomic E-state index is 0.0855. The summed E-state index contributed by atoms with van der Waals surface area (Å²) in [6, 6.07) is 5.99. The van der Waals surface area contributed by atoms with E-state index in [1.165, 1.54) is 5.56 Å². The van der Waals surface area contributed by atoms with Crippen LogP contribution in [0.15, 0.2) is 18.2 Å². The van der Waals surface area contributed by atoms with Crippen LogP contribution in [0.3, 0.4) is 0 Å². The first-order valence-corrected chi connectivity index (χ1v) is 5.79. The smallest absolute Gasteiger partial charge is 0.231 e. The maximum atomic E-state index is 8.53. The highest BCUT2D eigenvalue weighted by atomic mass is 16.7. The molecule has 0 unspecified atom stereocenters. The maximum Gasteiger partial charge on any atom is 0.231 e. The second kappa shape index (κ2) is 6.44. The molecule has 0 bridgehead atoms. The van der Waals surface area contributed by atoms with Gasteiger partial charge in [0.1, 0.15) is 6.54 Å². The summed E-state index contributed by atoms with van der Waals surface area (Å²) < 4.78 is 15.7. The van der Waals surface area contributed by atoms with Gasteiger partial charge in [-0.3, -0.25) is 0 Å². The van der Waals surface area contributed by atoms with E-state index in [4.69, 9.17) is 19.3 Å². The van der Waals surface area contributed by atoms with Crippen molar-refractivity contribution in [1.29, 1.82) is 0 Å². The third-order valence-corrected chi connectivity index (χ3v) is 2.52.